The summed E-state index contributed by atoms with van der Waals surface area (Å²) in [6.07, 6.45) is 0.852. The number of rotatable bonds is 2. The van der Waals surface area contributed by atoms with E-state index in [2.05, 4.69) is 15.9 Å². The van der Waals surface area contributed by atoms with E-state index in [0.29, 0.717) is 23.4 Å². The van der Waals surface area contributed by atoms with Crippen molar-refractivity contribution in [3.63, 3.8) is 0 Å². The summed E-state index contributed by atoms with van der Waals surface area (Å²) in [5, 5.41) is 0. The third kappa shape index (κ3) is 2.24. The Kier molecular flexibility index (Phi) is 3.03. The summed E-state index contributed by atoms with van der Waals surface area (Å²) >= 11 is 3.36. The Hall–Kier alpha value is -1.81. The summed E-state index contributed by atoms with van der Waals surface area (Å²) in [5.74, 6) is 0.812. The van der Waals surface area contributed by atoms with Gasteiger partial charge in [0, 0.05) is 27.7 Å². The maximum atomic E-state index is 12.5. The fraction of sp³-hybridized carbons (Fsp3) is 0.133. The lowest BCUT2D eigenvalue weighted by molar-refractivity contribution is 0.103. The summed E-state index contributed by atoms with van der Waals surface area (Å²) in [6.45, 7) is 0.687. The molecule has 2 N–H and O–H groups in total. The van der Waals surface area contributed by atoms with Crippen molar-refractivity contribution in [2.45, 2.75) is 6.42 Å². The molecule has 0 aliphatic carbocycles. The smallest absolute Gasteiger partial charge is 0.195 e. The second-order valence-corrected chi connectivity index (χ2v) is 5.40. The van der Waals surface area contributed by atoms with Gasteiger partial charge in [-0.15, -0.1) is 0 Å². The maximum Gasteiger partial charge on any atom is 0.195 e. The van der Waals surface area contributed by atoms with Crippen molar-refractivity contribution in [2.75, 3.05) is 12.3 Å². The average Bonchev–Trinajstić information content (AvgIpc) is 2.88. The van der Waals surface area contributed by atoms with Crippen LogP contribution in [-0.2, 0) is 6.42 Å². The van der Waals surface area contributed by atoms with E-state index >= 15 is 0 Å². The fourth-order valence-electron chi connectivity index (χ4n) is 2.21. The third-order valence-corrected chi connectivity index (χ3v) is 3.70. The Morgan fingerprint density at radius 1 is 1.21 bits per heavy atom. The predicted molar refractivity (Wildman–Crippen MR) is 77.6 cm³/mol. The van der Waals surface area contributed by atoms with E-state index in [0.717, 1.165) is 22.2 Å². The van der Waals surface area contributed by atoms with Gasteiger partial charge in [0.25, 0.3) is 0 Å². The van der Waals surface area contributed by atoms with Gasteiger partial charge in [0.05, 0.1) is 6.61 Å². The van der Waals surface area contributed by atoms with Gasteiger partial charge in [-0.1, -0.05) is 15.9 Å². The first-order chi connectivity index (χ1) is 9.15. The number of anilines is 1. The molecule has 0 saturated carbocycles. The van der Waals surface area contributed by atoms with Crippen molar-refractivity contribution in [3.8, 4) is 5.75 Å². The van der Waals surface area contributed by atoms with Crippen LogP contribution in [0, 0.1) is 0 Å². The quantitative estimate of drug-likeness (QED) is 0.683. The Morgan fingerprint density at radius 3 is 2.89 bits per heavy atom. The molecule has 1 aliphatic rings. The number of hydrogen-bond donors (Lipinski definition) is 1. The molecule has 0 fully saturated rings. The lowest BCUT2D eigenvalue weighted by Gasteiger charge is -2.07. The standard InChI is InChI=1S/C15H12BrNO2/c16-11-2-3-13(17)12(8-11)15(18)10-1-4-14-9(7-10)5-6-19-14/h1-4,7-8H,5-6,17H2. The van der Waals surface area contributed by atoms with Crippen LogP contribution in [0.5, 0.6) is 5.75 Å². The Morgan fingerprint density at radius 2 is 2.05 bits per heavy atom. The van der Waals surface area contributed by atoms with Gasteiger partial charge in [0.2, 0.25) is 0 Å². The van der Waals surface area contributed by atoms with Crippen molar-refractivity contribution in [1.82, 2.24) is 0 Å². The molecule has 2 aromatic carbocycles. The highest BCUT2D eigenvalue weighted by Gasteiger charge is 2.17. The molecule has 3 nitrogen and oxygen atoms in total. The van der Waals surface area contributed by atoms with Crippen molar-refractivity contribution in [2.24, 2.45) is 0 Å². The number of ketones is 1. The number of nitrogen functional groups attached to an aromatic ring is 1. The molecular formula is C15H12BrNO2. The number of fused-ring (bicyclic) bond motifs is 1. The van der Waals surface area contributed by atoms with E-state index in [1.54, 1.807) is 18.2 Å². The predicted octanol–water partition coefficient (Wildman–Crippen LogP) is 3.20. The van der Waals surface area contributed by atoms with E-state index in [1.165, 1.54) is 0 Å². The second kappa shape index (κ2) is 4.70. The average molecular weight is 318 g/mol. The molecule has 0 atom stereocenters. The molecule has 0 amide bonds. The third-order valence-electron chi connectivity index (χ3n) is 3.21. The molecule has 0 bridgehead atoms. The van der Waals surface area contributed by atoms with Crippen LogP contribution in [0.2, 0.25) is 0 Å². The molecule has 2 aromatic rings. The van der Waals surface area contributed by atoms with Gasteiger partial charge in [0.15, 0.2) is 5.78 Å². The van der Waals surface area contributed by atoms with Gasteiger partial charge >= 0.3 is 0 Å². The number of carbonyl (C=O) groups is 1. The van der Waals surface area contributed by atoms with Crippen LogP contribution >= 0.6 is 15.9 Å². The number of hydrogen-bond acceptors (Lipinski definition) is 3. The number of halogens is 1. The normalized spacial score (nSPS) is 12.9. The van der Waals surface area contributed by atoms with Gasteiger partial charge in [-0.3, -0.25) is 4.79 Å². The molecule has 0 unspecified atom stereocenters. The summed E-state index contributed by atoms with van der Waals surface area (Å²) < 4.78 is 6.28. The van der Waals surface area contributed by atoms with Crippen molar-refractivity contribution in [3.05, 3.63) is 57.6 Å². The molecule has 0 saturated heterocycles. The van der Waals surface area contributed by atoms with Gasteiger partial charge < -0.3 is 10.5 Å². The number of benzene rings is 2. The highest BCUT2D eigenvalue weighted by Crippen LogP contribution is 2.28. The zero-order chi connectivity index (χ0) is 13.4. The lowest BCUT2D eigenvalue weighted by Crippen LogP contribution is -2.05. The van der Waals surface area contributed by atoms with E-state index in [9.17, 15) is 4.79 Å². The van der Waals surface area contributed by atoms with Crippen LogP contribution < -0.4 is 10.5 Å². The summed E-state index contributed by atoms with van der Waals surface area (Å²) in [6, 6.07) is 10.8. The first kappa shape index (κ1) is 12.2. The van der Waals surface area contributed by atoms with Gasteiger partial charge in [0.1, 0.15) is 5.75 Å². The molecule has 0 spiro atoms. The minimum atomic E-state index is -0.0616. The SMILES string of the molecule is Nc1ccc(Br)cc1C(=O)c1ccc2c(c1)CCO2. The first-order valence-electron chi connectivity index (χ1n) is 6.00. The van der Waals surface area contributed by atoms with Crippen LogP contribution in [0.3, 0.4) is 0 Å². The molecule has 1 aliphatic heterocycles. The fourth-order valence-corrected chi connectivity index (χ4v) is 2.57. The zero-order valence-corrected chi connectivity index (χ0v) is 11.7. The topological polar surface area (TPSA) is 52.3 Å². The molecule has 4 heteroatoms. The van der Waals surface area contributed by atoms with Crippen LogP contribution in [0.25, 0.3) is 0 Å². The van der Waals surface area contributed by atoms with Crippen LogP contribution in [-0.4, -0.2) is 12.4 Å². The van der Waals surface area contributed by atoms with Gasteiger partial charge in [-0.2, -0.15) is 0 Å². The van der Waals surface area contributed by atoms with Crippen LogP contribution in [0.15, 0.2) is 40.9 Å². The largest absolute Gasteiger partial charge is 0.493 e. The molecule has 3 rings (SSSR count). The monoisotopic (exact) mass is 317 g/mol. The Balaban J connectivity index is 2.02. The van der Waals surface area contributed by atoms with E-state index < -0.39 is 0 Å². The summed E-state index contributed by atoms with van der Waals surface area (Å²) in [7, 11) is 0. The number of nitrogens with two attached hydrogens (primary N) is 1. The Labute approximate surface area is 119 Å². The molecular weight excluding hydrogens is 306 g/mol. The lowest BCUT2D eigenvalue weighted by atomic mass is 9.99. The summed E-state index contributed by atoms with van der Waals surface area (Å²) in [5.41, 5.74) is 8.62. The molecule has 0 aromatic heterocycles. The van der Waals surface area contributed by atoms with Crippen LogP contribution in [0.4, 0.5) is 5.69 Å². The zero-order valence-electron chi connectivity index (χ0n) is 10.2. The second-order valence-electron chi connectivity index (χ2n) is 4.48. The van der Waals surface area contributed by atoms with Crippen molar-refractivity contribution < 1.29 is 9.53 Å². The molecule has 0 radical (unpaired) electrons. The molecule has 96 valence electrons. The number of carbonyl (C=O) groups excluding carboxylic acids is 1. The van der Waals surface area contributed by atoms with E-state index in [1.807, 2.05) is 18.2 Å². The van der Waals surface area contributed by atoms with E-state index in [4.69, 9.17) is 10.5 Å². The molecule has 1 heterocycles. The van der Waals surface area contributed by atoms with Crippen molar-refractivity contribution in [1.29, 1.82) is 0 Å². The van der Waals surface area contributed by atoms with E-state index in [-0.39, 0.29) is 5.78 Å². The van der Waals surface area contributed by atoms with Gasteiger partial charge in [-0.25, -0.2) is 0 Å². The maximum absolute atomic E-state index is 12.5. The highest BCUT2D eigenvalue weighted by atomic mass is 79.9. The Bertz CT molecular complexity index is 667. The highest BCUT2D eigenvalue weighted by molar-refractivity contribution is 9.10. The molecule has 19 heavy (non-hydrogen) atoms. The summed E-state index contributed by atoms with van der Waals surface area (Å²) in [4.78, 5) is 12.5. The minimum Gasteiger partial charge on any atom is -0.493 e. The number of ether oxygens (including phenoxy) is 1. The van der Waals surface area contributed by atoms with Crippen molar-refractivity contribution >= 4 is 27.4 Å². The first-order valence-corrected chi connectivity index (χ1v) is 6.80. The van der Waals surface area contributed by atoms with Gasteiger partial charge in [-0.05, 0) is 42.0 Å². The minimum absolute atomic E-state index is 0.0616. The van der Waals surface area contributed by atoms with Crippen LogP contribution in [0.1, 0.15) is 21.5 Å².